The molecule has 1 amide bonds. The zero-order chi connectivity index (χ0) is 21.0. The van der Waals surface area contributed by atoms with Crippen molar-refractivity contribution in [3.63, 3.8) is 0 Å². The van der Waals surface area contributed by atoms with Crippen LogP contribution < -0.4 is 10.2 Å². The third kappa shape index (κ3) is 5.16. The Morgan fingerprint density at radius 3 is 2.59 bits per heavy atom. The third-order valence-corrected chi connectivity index (χ3v) is 4.73. The molecule has 0 saturated heterocycles. The summed E-state index contributed by atoms with van der Waals surface area (Å²) in [7, 11) is 0. The van der Waals surface area contributed by atoms with E-state index >= 15 is 0 Å². The second-order valence-corrected chi connectivity index (χ2v) is 7.14. The van der Waals surface area contributed by atoms with Crippen LogP contribution in [-0.2, 0) is 4.79 Å². The molecule has 1 heterocycles. The Labute approximate surface area is 177 Å². The second kappa shape index (κ2) is 9.11. The second-order valence-electron chi connectivity index (χ2n) is 6.29. The van der Waals surface area contributed by atoms with Gasteiger partial charge in [-0.2, -0.15) is 5.10 Å². The Balaban J connectivity index is 1.62. The van der Waals surface area contributed by atoms with E-state index in [1.54, 1.807) is 30.5 Å². The minimum atomic E-state index is -0.431. The van der Waals surface area contributed by atoms with E-state index in [4.69, 9.17) is 27.9 Å². The van der Waals surface area contributed by atoms with E-state index in [9.17, 15) is 9.18 Å². The number of nitrogens with one attached hydrogen (secondary N) is 1. The number of benzene rings is 2. The molecule has 29 heavy (non-hydrogen) atoms. The maximum atomic E-state index is 13.2. The topological polar surface area (TPSA) is 55.6 Å². The molecule has 0 radical (unpaired) electrons. The third-order valence-electron chi connectivity index (χ3n) is 4.20. The fraction of sp³-hybridized carbons (Fsp3) is 0.143. The fourth-order valence-electron chi connectivity index (χ4n) is 2.85. The summed E-state index contributed by atoms with van der Waals surface area (Å²) in [5.74, 6) is -0.361. The molecular weight excluding hydrogens is 416 g/mol. The number of hydrogen-bond acceptors (Lipinski definition) is 3. The van der Waals surface area contributed by atoms with Crippen molar-refractivity contribution >= 4 is 35.3 Å². The van der Waals surface area contributed by atoms with Gasteiger partial charge in [0.25, 0.3) is 5.91 Å². The van der Waals surface area contributed by atoms with Gasteiger partial charge in [-0.05, 0) is 62.4 Å². The molecular formula is C21H18Cl2FN3O2. The van der Waals surface area contributed by atoms with Crippen LogP contribution in [0.1, 0.15) is 17.0 Å². The summed E-state index contributed by atoms with van der Waals surface area (Å²) >= 11 is 11.8. The Morgan fingerprint density at radius 1 is 1.17 bits per heavy atom. The molecule has 8 heteroatoms. The van der Waals surface area contributed by atoms with Crippen molar-refractivity contribution in [3.8, 4) is 11.4 Å². The summed E-state index contributed by atoms with van der Waals surface area (Å²) in [5, 5.41) is 4.78. The van der Waals surface area contributed by atoms with Gasteiger partial charge in [0.15, 0.2) is 6.61 Å². The molecule has 0 unspecified atom stereocenters. The van der Waals surface area contributed by atoms with Crippen LogP contribution in [0.2, 0.25) is 10.0 Å². The molecule has 0 aliphatic heterocycles. The Hall–Kier alpha value is -2.83. The Morgan fingerprint density at radius 2 is 1.90 bits per heavy atom. The summed E-state index contributed by atoms with van der Waals surface area (Å²) in [6.07, 6.45) is 1.55. The first kappa shape index (κ1) is 20.9. The number of carbonyl (C=O) groups excluding carboxylic acids is 1. The van der Waals surface area contributed by atoms with Gasteiger partial charge < -0.3 is 9.30 Å². The van der Waals surface area contributed by atoms with E-state index in [-0.39, 0.29) is 12.4 Å². The molecule has 0 saturated carbocycles. The van der Waals surface area contributed by atoms with Crippen LogP contribution in [0, 0.1) is 19.7 Å². The summed E-state index contributed by atoms with van der Waals surface area (Å²) < 4.78 is 20.5. The van der Waals surface area contributed by atoms with E-state index < -0.39 is 5.91 Å². The first-order valence-corrected chi connectivity index (χ1v) is 9.45. The van der Waals surface area contributed by atoms with Crippen molar-refractivity contribution in [2.45, 2.75) is 13.8 Å². The number of ether oxygens (including phenoxy) is 1. The number of rotatable bonds is 6. The molecule has 0 spiro atoms. The van der Waals surface area contributed by atoms with E-state index in [0.29, 0.717) is 15.8 Å². The Bertz CT molecular complexity index is 1060. The Kier molecular flexibility index (Phi) is 6.56. The van der Waals surface area contributed by atoms with Crippen LogP contribution >= 0.6 is 23.2 Å². The minimum Gasteiger partial charge on any atom is -0.482 e. The first-order valence-electron chi connectivity index (χ1n) is 8.70. The maximum absolute atomic E-state index is 13.2. The summed E-state index contributed by atoms with van der Waals surface area (Å²) in [5.41, 5.74) is 5.96. The predicted molar refractivity (Wildman–Crippen MR) is 113 cm³/mol. The number of amides is 1. The molecule has 1 aromatic heterocycles. The highest BCUT2D eigenvalue weighted by atomic mass is 35.5. The van der Waals surface area contributed by atoms with Crippen LogP contribution in [0.5, 0.6) is 5.75 Å². The van der Waals surface area contributed by atoms with E-state index in [2.05, 4.69) is 10.5 Å². The van der Waals surface area contributed by atoms with Gasteiger partial charge >= 0.3 is 0 Å². The molecule has 0 bridgehead atoms. The summed E-state index contributed by atoms with van der Waals surface area (Å²) in [6, 6.07) is 12.9. The largest absolute Gasteiger partial charge is 0.482 e. The van der Waals surface area contributed by atoms with Gasteiger partial charge in [0, 0.05) is 27.7 Å². The molecule has 3 rings (SSSR count). The van der Waals surface area contributed by atoms with Gasteiger partial charge in [-0.1, -0.05) is 23.2 Å². The number of nitrogens with zero attached hydrogens (tertiary/aromatic N) is 2. The zero-order valence-corrected chi connectivity index (χ0v) is 17.3. The van der Waals surface area contributed by atoms with Crippen LogP contribution in [0.3, 0.4) is 0 Å². The molecule has 1 N–H and O–H groups in total. The van der Waals surface area contributed by atoms with E-state index in [1.165, 1.54) is 18.2 Å². The van der Waals surface area contributed by atoms with Gasteiger partial charge in [0.2, 0.25) is 0 Å². The van der Waals surface area contributed by atoms with Crippen LogP contribution in [0.25, 0.3) is 5.69 Å². The minimum absolute atomic E-state index is 0.243. The lowest BCUT2D eigenvalue weighted by Crippen LogP contribution is -2.24. The van der Waals surface area contributed by atoms with Crippen LogP contribution in [-0.4, -0.2) is 23.3 Å². The number of aryl methyl sites for hydroxylation is 1. The van der Waals surface area contributed by atoms with Gasteiger partial charge in [0.05, 0.1) is 11.2 Å². The number of aromatic nitrogens is 1. The van der Waals surface area contributed by atoms with E-state index in [1.807, 2.05) is 24.5 Å². The van der Waals surface area contributed by atoms with Gasteiger partial charge in [-0.25, -0.2) is 9.82 Å². The molecule has 0 atom stereocenters. The van der Waals surface area contributed by atoms with Crippen LogP contribution in [0.4, 0.5) is 4.39 Å². The molecule has 0 fully saturated rings. The van der Waals surface area contributed by atoms with Crippen molar-refractivity contribution in [3.05, 3.63) is 81.3 Å². The SMILES string of the molecule is Cc1cc(C=NNC(=O)COc2ccc(Cl)cc2Cl)c(C)n1-c1ccc(F)cc1. The monoisotopic (exact) mass is 433 g/mol. The quantitative estimate of drug-likeness (QED) is 0.435. The van der Waals surface area contributed by atoms with Crippen molar-refractivity contribution in [2.75, 3.05) is 6.61 Å². The van der Waals surface area contributed by atoms with Gasteiger partial charge in [-0.3, -0.25) is 4.79 Å². The molecule has 0 aliphatic rings. The number of halogens is 3. The standard InChI is InChI=1S/C21H18Cl2FN3O2/c1-13-9-15(14(2)27(13)18-6-4-17(24)5-7-18)11-25-26-21(28)12-29-20-8-3-16(22)10-19(20)23/h3-11H,12H2,1-2H3,(H,26,28). The first-order chi connectivity index (χ1) is 13.8. The van der Waals surface area contributed by atoms with Crippen molar-refractivity contribution in [1.29, 1.82) is 0 Å². The number of hydrazone groups is 1. The molecule has 0 aliphatic carbocycles. The smallest absolute Gasteiger partial charge is 0.277 e. The highest BCUT2D eigenvalue weighted by molar-refractivity contribution is 6.35. The van der Waals surface area contributed by atoms with Crippen molar-refractivity contribution in [2.24, 2.45) is 5.10 Å². The van der Waals surface area contributed by atoms with Gasteiger partial charge in [-0.15, -0.1) is 0 Å². The highest BCUT2D eigenvalue weighted by Crippen LogP contribution is 2.27. The zero-order valence-electron chi connectivity index (χ0n) is 15.7. The summed E-state index contributed by atoms with van der Waals surface area (Å²) in [6.45, 7) is 3.62. The van der Waals surface area contributed by atoms with Crippen LogP contribution in [0.15, 0.2) is 53.6 Å². The molecule has 5 nitrogen and oxygen atoms in total. The lowest BCUT2D eigenvalue weighted by Gasteiger charge is -2.09. The average molecular weight is 434 g/mol. The van der Waals surface area contributed by atoms with Gasteiger partial charge in [0.1, 0.15) is 11.6 Å². The summed E-state index contributed by atoms with van der Waals surface area (Å²) in [4.78, 5) is 11.9. The number of carbonyl (C=O) groups is 1. The highest BCUT2D eigenvalue weighted by Gasteiger charge is 2.10. The lowest BCUT2D eigenvalue weighted by atomic mass is 10.2. The maximum Gasteiger partial charge on any atom is 0.277 e. The predicted octanol–water partition coefficient (Wildman–Crippen LogP) is 5.07. The average Bonchev–Trinajstić information content (AvgIpc) is 2.95. The molecule has 3 aromatic rings. The number of hydrogen-bond donors (Lipinski definition) is 1. The van der Waals surface area contributed by atoms with Crippen molar-refractivity contribution in [1.82, 2.24) is 9.99 Å². The van der Waals surface area contributed by atoms with Crippen molar-refractivity contribution < 1.29 is 13.9 Å². The molecule has 150 valence electrons. The normalized spacial score (nSPS) is 11.1. The fourth-order valence-corrected chi connectivity index (χ4v) is 3.31. The lowest BCUT2D eigenvalue weighted by molar-refractivity contribution is -0.123. The molecule has 2 aromatic carbocycles. The van der Waals surface area contributed by atoms with E-state index in [0.717, 1.165) is 22.6 Å².